The molecular weight excluding hydrogens is 482 g/mol. The van der Waals surface area contributed by atoms with Gasteiger partial charge in [-0.3, -0.25) is 4.79 Å². The summed E-state index contributed by atoms with van der Waals surface area (Å²) < 4.78 is 17.6. The molecule has 1 aromatic rings. The van der Waals surface area contributed by atoms with Crippen LogP contribution in [0.4, 0.5) is 5.82 Å². The minimum absolute atomic E-state index is 0.0313. The first-order chi connectivity index (χ1) is 18.6. The van der Waals surface area contributed by atoms with Gasteiger partial charge in [-0.2, -0.15) is 0 Å². The van der Waals surface area contributed by atoms with Gasteiger partial charge < -0.3 is 29.7 Å². The van der Waals surface area contributed by atoms with Crippen LogP contribution in [0.3, 0.4) is 0 Å². The minimum atomic E-state index is -0.0313. The molecule has 9 heteroatoms. The first kappa shape index (κ1) is 27.2. The number of nitrogens with one attached hydrogen (secondary N) is 2. The van der Waals surface area contributed by atoms with Crippen LogP contribution in [-0.4, -0.2) is 91.1 Å². The average molecular weight is 526 g/mol. The van der Waals surface area contributed by atoms with Gasteiger partial charge in [0.25, 0.3) is 5.91 Å². The van der Waals surface area contributed by atoms with E-state index in [1.807, 2.05) is 4.90 Å². The maximum Gasteiger partial charge on any atom is 0.272 e. The Labute approximate surface area is 226 Å². The largest absolute Gasteiger partial charge is 0.379 e. The van der Waals surface area contributed by atoms with Crippen molar-refractivity contribution in [1.82, 2.24) is 20.2 Å². The maximum atomic E-state index is 13.2. The highest BCUT2D eigenvalue weighted by Crippen LogP contribution is 2.30. The number of nitrogens with zero attached hydrogens (tertiary/aromatic N) is 3. The Bertz CT molecular complexity index is 993. The Morgan fingerprint density at radius 2 is 2.05 bits per heavy atom. The number of allylic oxidation sites excluding steroid dienone is 3. The maximum absolute atomic E-state index is 13.2. The SMILES string of the molecule is CO[C@@H]1COCC[C@@H]1NC1CCN(C(=O)c2cc(NC[C@H]3CCC[C@@H](C4C=CC(C)=CC4)O3)ncn2)CC1. The molecule has 0 spiro atoms. The predicted molar refractivity (Wildman–Crippen MR) is 146 cm³/mol. The van der Waals surface area contributed by atoms with Crippen molar-refractivity contribution in [2.24, 2.45) is 5.92 Å². The highest BCUT2D eigenvalue weighted by atomic mass is 16.5. The molecule has 1 unspecified atom stereocenters. The third-order valence-electron chi connectivity index (χ3n) is 8.41. The van der Waals surface area contributed by atoms with Crippen molar-refractivity contribution in [1.29, 1.82) is 0 Å². The molecule has 3 aliphatic heterocycles. The molecule has 0 radical (unpaired) electrons. The van der Waals surface area contributed by atoms with Gasteiger partial charge in [0, 0.05) is 57.4 Å². The summed E-state index contributed by atoms with van der Waals surface area (Å²) in [7, 11) is 1.74. The van der Waals surface area contributed by atoms with Crippen molar-refractivity contribution in [3.63, 3.8) is 0 Å². The van der Waals surface area contributed by atoms with Crippen LogP contribution in [-0.2, 0) is 14.2 Å². The van der Waals surface area contributed by atoms with Crippen LogP contribution in [0.2, 0.25) is 0 Å². The first-order valence-corrected chi connectivity index (χ1v) is 14.3. The molecule has 1 amide bonds. The first-order valence-electron chi connectivity index (χ1n) is 14.3. The molecular formula is C29H43N5O4. The summed E-state index contributed by atoms with van der Waals surface area (Å²) in [5.74, 6) is 1.10. The lowest BCUT2D eigenvalue weighted by Gasteiger charge is -2.38. The van der Waals surface area contributed by atoms with Crippen LogP contribution < -0.4 is 10.6 Å². The summed E-state index contributed by atoms with van der Waals surface area (Å²) in [4.78, 5) is 23.8. The van der Waals surface area contributed by atoms with Gasteiger partial charge >= 0.3 is 0 Å². The van der Waals surface area contributed by atoms with Gasteiger partial charge in [0.1, 0.15) is 17.8 Å². The van der Waals surface area contributed by atoms with Gasteiger partial charge in [-0.15, -0.1) is 0 Å². The zero-order valence-corrected chi connectivity index (χ0v) is 22.8. The Balaban J connectivity index is 1.08. The number of piperidine rings is 1. The topological polar surface area (TPSA) is 97.8 Å². The van der Waals surface area contributed by atoms with Crippen molar-refractivity contribution in [2.75, 3.05) is 45.3 Å². The Kier molecular flexibility index (Phi) is 9.43. The number of ether oxygens (including phenoxy) is 3. The summed E-state index contributed by atoms with van der Waals surface area (Å²) in [5, 5.41) is 7.14. The molecule has 4 heterocycles. The van der Waals surface area contributed by atoms with Crippen LogP contribution in [0.25, 0.3) is 0 Å². The molecule has 1 aromatic heterocycles. The fourth-order valence-corrected chi connectivity index (χ4v) is 6.05. The van der Waals surface area contributed by atoms with Gasteiger partial charge in [0.15, 0.2) is 0 Å². The van der Waals surface area contributed by atoms with Crippen molar-refractivity contribution in [2.45, 2.75) is 82.3 Å². The lowest BCUT2D eigenvalue weighted by atomic mass is 9.87. The van der Waals surface area contributed by atoms with E-state index in [0.29, 0.717) is 55.8 Å². The number of aromatic nitrogens is 2. The van der Waals surface area contributed by atoms with E-state index in [4.69, 9.17) is 14.2 Å². The molecule has 3 saturated heterocycles. The standard InChI is InChI=1S/C29H43N5O4/c1-20-6-8-21(9-7-20)26-5-3-4-23(38-26)17-30-28-16-25(31-19-32-28)29(35)34-13-10-22(11-14-34)33-24-12-15-37-18-27(24)36-2/h6-8,16,19,21-24,26-27,33H,3-5,9-15,17-18H2,1-2H3,(H,30,31,32)/t21?,23-,24+,26+,27-/m1/s1. The van der Waals surface area contributed by atoms with E-state index in [0.717, 1.165) is 45.1 Å². The Hall–Kier alpha value is -2.33. The van der Waals surface area contributed by atoms with E-state index in [9.17, 15) is 4.79 Å². The van der Waals surface area contributed by atoms with Crippen LogP contribution in [0.15, 0.2) is 36.2 Å². The number of hydrogen-bond donors (Lipinski definition) is 2. The molecule has 38 heavy (non-hydrogen) atoms. The molecule has 3 fully saturated rings. The molecule has 5 atom stereocenters. The third kappa shape index (κ3) is 7.00. The van der Waals surface area contributed by atoms with Crippen molar-refractivity contribution < 1.29 is 19.0 Å². The van der Waals surface area contributed by atoms with Crippen LogP contribution in [0.5, 0.6) is 0 Å². The zero-order chi connectivity index (χ0) is 26.3. The molecule has 2 N–H and O–H groups in total. The minimum Gasteiger partial charge on any atom is -0.379 e. The van der Waals surface area contributed by atoms with E-state index in [1.165, 1.54) is 18.3 Å². The highest BCUT2D eigenvalue weighted by Gasteiger charge is 2.31. The third-order valence-corrected chi connectivity index (χ3v) is 8.41. The smallest absolute Gasteiger partial charge is 0.272 e. The lowest BCUT2D eigenvalue weighted by molar-refractivity contribution is -0.0615. The summed E-state index contributed by atoms with van der Waals surface area (Å²) in [6.45, 7) is 5.65. The van der Waals surface area contributed by atoms with Crippen LogP contribution in [0, 0.1) is 5.92 Å². The van der Waals surface area contributed by atoms with Gasteiger partial charge in [-0.1, -0.05) is 23.8 Å². The van der Waals surface area contributed by atoms with E-state index in [2.05, 4.69) is 45.8 Å². The number of amides is 1. The van der Waals surface area contributed by atoms with Gasteiger partial charge in [0.2, 0.25) is 0 Å². The Morgan fingerprint density at radius 1 is 1.18 bits per heavy atom. The molecule has 0 aromatic carbocycles. The van der Waals surface area contributed by atoms with Crippen molar-refractivity contribution in [3.05, 3.63) is 41.9 Å². The molecule has 9 nitrogen and oxygen atoms in total. The second-order valence-corrected chi connectivity index (χ2v) is 11.1. The monoisotopic (exact) mass is 525 g/mol. The number of carbonyl (C=O) groups excluding carboxylic acids is 1. The lowest BCUT2D eigenvalue weighted by Crippen LogP contribution is -2.54. The molecule has 208 valence electrons. The molecule has 0 saturated carbocycles. The van der Waals surface area contributed by atoms with E-state index in [-0.39, 0.29) is 24.2 Å². The summed E-state index contributed by atoms with van der Waals surface area (Å²) in [5.41, 5.74) is 1.77. The van der Waals surface area contributed by atoms with Crippen molar-refractivity contribution >= 4 is 11.7 Å². The normalized spacial score (nSPS) is 30.6. The average Bonchev–Trinajstić information content (AvgIpc) is 2.97. The fourth-order valence-electron chi connectivity index (χ4n) is 6.05. The van der Waals surface area contributed by atoms with E-state index in [1.54, 1.807) is 13.2 Å². The number of carbonyl (C=O) groups is 1. The highest BCUT2D eigenvalue weighted by molar-refractivity contribution is 5.93. The summed E-state index contributed by atoms with van der Waals surface area (Å²) >= 11 is 0. The van der Waals surface area contributed by atoms with Crippen molar-refractivity contribution in [3.8, 4) is 0 Å². The quantitative estimate of drug-likeness (QED) is 0.533. The number of methoxy groups -OCH3 is 1. The van der Waals surface area contributed by atoms with E-state index < -0.39 is 0 Å². The van der Waals surface area contributed by atoms with Gasteiger partial charge in [0.05, 0.1) is 24.9 Å². The predicted octanol–water partition coefficient (Wildman–Crippen LogP) is 3.35. The van der Waals surface area contributed by atoms with Gasteiger partial charge in [-0.25, -0.2) is 9.97 Å². The fraction of sp³-hybridized carbons (Fsp3) is 0.690. The molecule has 1 aliphatic carbocycles. The second kappa shape index (κ2) is 13.2. The van der Waals surface area contributed by atoms with Gasteiger partial charge in [-0.05, 0) is 51.9 Å². The van der Waals surface area contributed by atoms with Crippen LogP contribution in [0.1, 0.15) is 62.4 Å². The number of rotatable bonds is 8. The summed E-state index contributed by atoms with van der Waals surface area (Å²) in [6, 6.07) is 2.46. The number of likely N-dealkylation sites (tertiary alicyclic amines) is 1. The number of anilines is 1. The Morgan fingerprint density at radius 3 is 2.84 bits per heavy atom. The second-order valence-electron chi connectivity index (χ2n) is 11.1. The molecule has 4 aliphatic rings. The molecule has 0 bridgehead atoms. The van der Waals surface area contributed by atoms with Crippen LogP contribution >= 0.6 is 0 Å². The zero-order valence-electron chi connectivity index (χ0n) is 22.8. The molecule has 5 rings (SSSR count). The number of hydrogen-bond acceptors (Lipinski definition) is 8. The van der Waals surface area contributed by atoms with E-state index >= 15 is 0 Å². The summed E-state index contributed by atoms with van der Waals surface area (Å²) in [6.07, 6.45) is 16.0.